The van der Waals surface area contributed by atoms with Crippen LogP contribution in [-0.2, 0) is 14.8 Å². The van der Waals surface area contributed by atoms with Crippen LogP contribution >= 0.6 is 0 Å². The molecule has 1 unspecified atom stereocenters. The number of aliphatic carboxylic acids is 1. The van der Waals surface area contributed by atoms with E-state index in [0.29, 0.717) is 11.1 Å². The van der Waals surface area contributed by atoms with Crippen LogP contribution in [0.5, 0.6) is 0 Å². The molecule has 0 aliphatic heterocycles. The molecular weight excluding hydrogens is 242 g/mol. The Hall–Kier alpha value is -1.40. The Bertz CT molecular complexity index is 516. The van der Waals surface area contributed by atoms with E-state index in [9.17, 15) is 13.2 Å². The van der Waals surface area contributed by atoms with Crippen molar-refractivity contribution in [3.63, 3.8) is 0 Å². The minimum atomic E-state index is -3.80. The molecule has 1 rings (SSSR count). The third-order valence-electron chi connectivity index (χ3n) is 2.38. The van der Waals surface area contributed by atoms with Crippen LogP contribution in [0.3, 0.4) is 0 Å². The van der Waals surface area contributed by atoms with Crippen LogP contribution in [0.4, 0.5) is 0 Å². The fourth-order valence-corrected chi connectivity index (χ4v) is 3.23. The van der Waals surface area contributed by atoms with E-state index in [1.807, 2.05) is 0 Å². The lowest BCUT2D eigenvalue weighted by Gasteiger charge is -2.14. The molecule has 0 aromatic heterocycles. The zero-order valence-electron chi connectivity index (χ0n) is 9.89. The van der Waals surface area contributed by atoms with Gasteiger partial charge in [-0.1, -0.05) is 18.2 Å². The van der Waals surface area contributed by atoms with Gasteiger partial charge in [-0.25, -0.2) is 8.42 Å². The summed E-state index contributed by atoms with van der Waals surface area (Å²) in [5.74, 6) is -1.21. The van der Waals surface area contributed by atoms with Crippen LogP contribution < -0.4 is 4.72 Å². The Morgan fingerprint density at radius 2 is 1.76 bits per heavy atom. The van der Waals surface area contributed by atoms with Crippen LogP contribution in [-0.4, -0.2) is 25.5 Å². The van der Waals surface area contributed by atoms with Gasteiger partial charge in [-0.2, -0.15) is 4.72 Å². The number of sulfonamides is 1. The fraction of sp³-hybridized carbons (Fsp3) is 0.364. The monoisotopic (exact) mass is 257 g/mol. The number of rotatable bonds is 4. The van der Waals surface area contributed by atoms with Crippen LogP contribution in [0.25, 0.3) is 0 Å². The molecule has 0 heterocycles. The predicted molar refractivity (Wildman–Crippen MR) is 63.3 cm³/mol. The molecule has 0 saturated heterocycles. The molecule has 6 heteroatoms. The van der Waals surface area contributed by atoms with Crippen molar-refractivity contribution in [2.75, 3.05) is 0 Å². The maximum absolute atomic E-state index is 12.0. The van der Waals surface area contributed by atoms with E-state index in [0.717, 1.165) is 0 Å². The van der Waals surface area contributed by atoms with Gasteiger partial charge in [0, 0.05) is 0 Å². The summed E-state index contributed by atoms with van der Waals surface area (Å²) < 4.78 is 26.2. The second kappa shape index (κ2) is 4.85. The molecule has 0 bridgehead atoms. The Morgan fingerprint density at radius 3 is 2.18 bits per heavy atom. The molecule has 94 valence electrons. The number of carbonyl (C=O) groups is 1. The third-order valence-corrected chi connectivity index (χ3v) is 4.23. The quantitative estimate of drug-likeness (QED) is 0.844. The first-order chi connectivity index (χ1) is 7.75. The van der Waals surface area contributed by atoms with Gasteiger partial charge in [-0.3, -0.25) is 4.79 Å². The van der Waals surface area contributed by atoms with Gasteiger partial charge in [-0.05, 0) is 31.9 Å². The Labute approximate surface area is 101 Å². The number of hydrogen-bond donors (Lipinski definition) is 2. The van der Waals surface area contributed by atoms with E-state index in [4.69, 9.17) is 5.11 Å². The molecule has 5 nitrogen and oxygen atoms in total. The summed E-state index contributed by atoms with van der Waals surface area (Å²) in [5, 5.41) is 8.70. The van der Waals surface area contributed by atoms with Crippen LogP contribution in [0.2, 0.25) is 0 Å². The van der Waals surface area contributed by atoms with Gasteiger partial charge in [0.1, 0.15) is 6.04 Å². The van der Waals surface area contributed by atoms with Crippen molar-refractivity contribution in [1.29, 1.82) is 0 Å². The first-order valence-corrected chi connectivity index (χ1v) is 6.55. The Morgan fingerprint density at radius 1 is 1.29 bits per heavy atom. The maximum atomic E-state index is 12.0. The number of carboxylic acid groups (broad SMARTS) is 1. The zero-order valence-corrected chi connectivity index (χ0v) is 10.7. The number of nitrogens with one attached hydrogen (secondary N) is 1. The Balaban J connectivity index is 3.19. The van der Waals surface area contributed by atoms with Gasteiger partial charge in [-0.15, -0.1) is 0 Å². The zero-order chi connectivity index (χ0) is 13.2. The van der Waals surface area contributed by atoms with E-state index < -0.39 is 22.0 Å². The molecule has 1 aromatic rings. The maximum Gasteiger partial charge on any atom is 0.321 e. The van der Waals surface area contributed by atoms with Gasteiger partial charge >= 0.3 is 5.97 Å². The van der Waals surface area contributed by atoms with E-state index in [-0.39, 0.29) is 4.90 Å². The largest absolute Gasteiger partial charge is 0.480 e. The normalized spacial score (nSPS) is 13.4. The van der Waals surface area contributed by atoms with Crippen LogP contribution in [0.15, 0.2) is 23.1 Å². The first-order valence-electron chi connectivity index (χ1n) is 5.07. The molecule has 0 aliphatic carbocycles. The van der Waals surface area contributed by atoms with E-state index in [2.05, 4.69) is 4.72 Å². The van der Waals surface area contributed by atoms with Gasteiger partial charge in [0.2, 0.25) is 10.0 Å². The summed E-state index contributed by atoms with van der Waals surface area (Å²) in [6, 6.07) is 3.95. The third kappa shape index (κ3) is 3.04. The minimum absolute atomic E-state index is 0.146. The van der Waals surface area contributed by atoms with Crippen molar-refractivity contribution < 1.29 is 18.3 Å². The highest BCUT2D eigenvalue weighted by Crippen LogP contribution is 2.19. The summed E-state index contributed by atoms with van der Waals surface area (Å²) in [7, 11) is -3.80. The number of benzene rings is 1. The van der Waals surface area contributed by atoms with Crippen molar-refractivity contribution in [1.82, 2.24) is 4.72 Å². The molecule has 2 N–H and O–H groups in total. The molecule has 1 atom stereocenters. The van der Waals surface area contributed by atoms with E-state index in [1.165, 1.54) is 6.92 Å². The highest BCUT2D eigenvalue weighted by Gasteiger charge is 2.24. The molecule has 0 radical (unpaired) electrons. The lowest BCUT2D eigenvalue weighted by Crippen LogP contribution is -2.38. The van der Waals surface area contributed by atoms with Gasteiger partial charge in [0.25, 0.3) is 0 Å². The standard InChI is InChI=1S/C11H15NO4S/c1-7-5-4-6-8(2)10(7)17(15,16)12-9(3)11(13)14/h4-6,9,12H,1-3H3,(H,13,14). The molecule has 0 fully saturated rings. The first kappa shape index (κ1) is 13.7. The average molecular weight is 257 g/mol. The topological polar surface area (TPSA) is 83.5 Å². The molecule has 0 saturated carbocycles. The number of hydrogen-bond acceptors (Lipinski definition) is 3. The molecule has 0 aliphatic rings. The van der Waals surface area contributed by atoms with Gasteiger partial charge in [0.15, 0.2) is 0 Å². The van der Waals surface area contributed by atoms with Gasteiger partial charge < -0.3 is 5.11 Å². The SMILES string of the molecule is Cc1cccc(C)c1S(=O)(=O)NC(C)C(=O)O. The van der Waals surface area contributed by atoms with Gasteiger partial charge in [0.05, 0.1) is 4.90 Å². The summed E-state index contributed by atoms with van der Waals surface area (Å²) >= 11 is 0. The number of carboxylic acids is 1. The molecule has 17 heavy (non-hydrogen) atoms. The molecule has 1 aromatic carbocycles. The molecular formula is C11H15NO4S. The van der Waals surface area contributed by atoms with E-state index in [1.54, 1.807) is 32.0 Å². The van der Waals surface area contributed by atoms with Crippen LogP contribution in [0, 0.1) is 13.8 Å². The van der Waals surface area contributed by atoms with Crippen molar-refractivity contribution in [2.45, 2.75) is 31.7 Å². The molecule has 0 amide bonds. The second-order valence-electron chi connectivity index (χ2n) is 3.90. The van der Waals surface area contributed by atoms with Crippen molar-refractivity contribution in [3.05, 3.63) is 29.3 Å². The Kier molecular flexibility index (Phi) is 3.90. The predicted octanol–water partition coefficient (Wildman–Crippen LogP) is 1.05. The van der Waals surface area contributed by atoms with E-state index >= 15 is 0 Å². The highest BCUT2D eigenvalue weighted by molar-refractivity contribution is 7.89. The lowest BCUT2D eigenvalue weighted by atomic mass is 10.2. The van der Waals surface area contributed by atoms with Crippen molar-refractivity contribution in [3.8, 4) is 0 Å². The van der Waals surface area contributed by atoms with Crippen molar-refractivity contribution in [2.24, 2.45) is 0 Å². The lowest BCUT2D eigenvalue weighted by molar-refractivity contribution is -0.138. The summed E-state index contributed by atoms with van der Waals surface area (Å²) in [6.07, 6.45) is 0. The highest BCUT2D eigenvalue weighted by atomic mass is 32.2. The average Bonchev–Trinajstić information content (AvgIpc) is 2.15. The fourth-order valence-electron chi connectivity index (χ4n) is 1.57. The smallest absolute Gasteiger partial charge is 0.321 e. The van der Waals surface area contributed by atoms with Crippen molar-refractivity contribution >= 4 is 16.0 Å². The molecule has 0 spiro atoms. The number of aryl methyl sites for hydroxylation is 2. The second-order valence-corrected chi connectivity index (χ2v) is 5.55. The minimum Gasteiger partial charge on any atom is -0.480 e. The summed E-state index contributed by atoms with van der Waals surface area (Å²) in [5.41, 5.74) is 1.19. The summed E-state index contributed by atoms with van der Waals surface area (Å²) in [4.78, 5) is 10.8. The summed E-state index contributed by atoms with van der Waals surface area (Å²) in [6.45, 7) is 4.63. The van der Waals surface area contributed by atoms with Crippen LogP contribution in [0.1, 0.15) is 18.1 Å².